The molecule has 4 aromatic rings. The molecule has 0 bridgehead atoms. The van der Waals surface area contributed by atoms with Crippen LogP contribution in [0.4, 0.5) is 5.69 Å². The van der Waals surface area contributed by atoms with Crippen LogP contribution in [0.3, 0.4) is 0 Å². The number of amides is 1. The monoisotopic (exact) mass is 428 g/mol. The molecule has 0 spiro atoms. The van der Waals surface area contributed by atoms with Gasteiger partial charge in [0.05, 0.1) is 16.3 Å². The van der Waals surface area contributed by atoms with Gasteiger partial charge in [0.1, 0.15) is 0 Å². The summed E-state index contributed by atoms with van der Waals surface area (Å²) in [6, 6.07) is 26.3. The second kappa shape index (κ2) is 7.56. The minimum Gasteiger partial charge on any atom is -0.345 e. The molecule has 2 heterocycles. The lowest BCUT2D eigenvalue weighted by atomic mass is 10.1. The van der Waals surface area contributed by atoms with Crippen molar-refractivity contribution in [1.29, 1.82) is 0 Å². The average Bonchev–Trinajstić information content (AvgIpc) is 3.18. The Labute approximate surface area is 181 Å². The van der Waals surface area contributed by atoms with Crippen LogP contribution in [0.15, 0.2) is 107 Å². The molecule has 0 atom stereocenters. The molecule has 5 nitrogen and oxygen atoms in total. The molecule has 1 amide bonds. The van der Waals surface area contributed by atoms with Crippen molar-refractivity contribution in [2.75, 3.05) is 4.90 Å². The number of benzene rings is 3. The molecular formula is C25H20N2O3S. The Balaban J connectivity index is 1.49. The third-order valence-electron chi connectivity index (χ3n) is 5.58. The first kappa shape index (κ1) is 19.3. The summed E-state index contributed by atoms with van der Waals surface area (Å²) in [5.41, 5.74) is 3.43. The lowest BCUT2D eigenvalue weighted by Crippen LogP contribution is -2.30. The fourth-order valence-corrected chi connectivity index (χ4v) is 5.22. The zero-order valence-electron chi connectivity index (χ0n) is 16.7. The van der Waals surface area contributed by atoms with Gasteiger partial charge >= 0.3 is 0 Å². The van der Waals surface area contributed by atoms with Crippen molar-refractivity contribution in [3.63, 3.8) is 0 Å². The van der Waals surface area contributed by atoms with Crippen LogP contribution in [0.2, 0.25) is 0 Å². The summed E-state index contributed by atoms with van der Waals surface area (Å²) in [5, 5.41) is 0. The standard InChI is InChI=1S/C25H20N2O3S/c28-25(19-12-14-23(15-13-19)31(29,30)22-9-2-1-3-10-22)27-18-21-8-6-16-26(21)17-20-7-4-5-11-24(20)27/h1-16H,17-18H2. The highest BCUT2D eigenvalue weighted by molar-refractivity contribution is 7.91. The number of carbonyl (C=O) groups is 1. The van der Waals surface area contributed by atoms with Crippen LogP contribution in [0.1, 0.15) is 21.6 Å². The van der Waals surface area contributed by atoms with Gasteiger partial charge in [0.15, 0.2) is 0 Å². The summed E-state index contributed by atoms with van der Waals surface area (Å²) < 4.78 is 27.8. The Morgan fingerprint density at radius 3 is 2.16 bits per heavy atom. The Hall–Kier alpha value is -3.64. The van der Waals surface area contributed by atoms with E-state index in [-0.39, 0.29) is 15.7 Å². The molecular weight excluding hydrogens is 408 g/mol. The fourth-order valence-electron chi connectivity index (χ4n) is 3.94. The van der Waals surface area contributed by atoms with E-state index in [1.54, 1.807) is 47.4 Å². The SMILES string of the molecule is O=C(c1ccc(S(=O)(=O)c2ccccc2)cc1)N1Cc2cccn2Cc2ccccc21. The second-order valence-corrected chi connectivity index (χ2v) is 9.44. The van der Waals surface area contributed by atoms with Crippen LogP contribution >= 0.6 is 0 Å². The molecule has 0 N–H and O–H groups in total. The number of carbonyl (C=O) groups excluding carboxylic acids is 1. The number of para-hydroxylation sites is 1. The predicted octanol–water partition coefficient (Wildman–Crippen LogP) is 4.53. The number of hydrogen-bond acceptors (Lipinski definition) is 3. The molecule has 0 radical (unpaired) electrons. The van der Waals surface area contributed by atoms with E-state index in [1.165, 1.54) is 12.1 Å². The van der Waals surface area contributed by atoms with E-state index < -0.39 is 9.84 Å². The number of aromatic nitrogens is 1. The first-order chi connectivity index (χ1) is 15.0. The van der Waals surface area contributed by atoms with Crippen molar-refractivity contribution >= 4 is 21.4 Å². The van der Waals surface area contributed by atoms with Crippen molar-refractivity contribution in [1.82, 2.24) is 4.57 Å². The predicted molar refractivity (Wildman–Crippen MR) is 119 cm³/mol. The average molecular weight is 429 g/mol. The molecule has 0 fully saturated rings. The minimum atomic E-state index is -3.62. The van der Waals surface area contributed by atoms with Crippen LogP contribution < -0.4 is 4.90 Å². The van der Waals surface area contributed by atoms with E-state index in [4.69, 9.17) is 0 Å². The lowest BCUT2D eigenvalue weighted by Gasteiger charge is -2.23. The normalized spacial score (nSPS) is 13.2. The van der Waals surface area contributed by atoms with E-state index in [0.29, 0.717) is 18.7 Å². The van der Waals surface area contributed by atoms with Gasteiger partial charge in [0, 0.05) is 29.7 Å². The van der Waals surface area contributed by atoms with Gasteiger partial charge in [0.2, 0.25) is 9.84 Å². The van der Waals surface area contributed by atoms with Crippen LogP contribution in [-0.2, 0) is 22.9 Å². The van der Waals surface area contributed by atoms with Gasteiger partial charge in [0.25, 0.3) is 5.91 Å². The van der Waals surface area contributed by atoms with E-state index in [0.717, 1.165) is 16.9 Å². The number of rotatable bonds is 3. The van der Waals surface area contributed by atoms with Gasteiger partial charge in [-0.05, 0) is 60.2 Å². The van der Waals surface area contributed by atoms with E-state index >= 15 is 0 Å². The van der Waals surface area contributed by atoms with Gasteiger partial charge in [-0.25, -0.2) is 8.42 Å². The van der Waals surface area contributed by atoms with Crippen LogP contribution in [0.25, 0.3) is 0 Å². The summed E-state index contributed by atoms with van der Waals surface area (Å²) in [7, 11) is -3.62. The highest BCUT2D eigenvalue weighted by Crippen LogP contribution is 2.29. The Bertz CT molecular complexity index is 1360. The van der Waals surface area contributed by atoms with Gasteiger partial charge < -0.3 is 9.47 Å². The number of sulfone groups is 1. The zero-order valence-corrected chi connectivity index (χ0v) is 17.5. The molecule has 1 aromatic heterocycles. The molecule has 0 unspecified atom stereocenters. The van der Waals surface area contributed by atoms with Crippen LogP contribution in [-0.4, -0.2) is 18.9 Å². The molecule has 154 valence electrons. The van der Waals surface area contributed by atoms with Crippen molar-refractivity contribution < 1.29 is 13.2 Å². The molecule has 0 aliphatic carbocycles. The van der Waals surface area contributed by atoms with Crippen molar-refractivity contribution in [3.8, 4) is 0 Å². The lowest BCUT2D eigenvalue weighted by molar-refractivity contribution is 0.0985. The maximum absolute atomic E-state index is 13.4. The first-order valence-corrected chi connectivity index (χ1v) is 11.5. The van der Waals surface area contributed by atoms with Gasteiger partial charge in [-0.15, -0.1) is 0 Å². The zero-order chi connectivity index (χ0) is 21.4. The number of anilines is 1. The van der Waals surface area contributed by atoms with E-state index in [9.17, 15) is 13.2 Å². The summed E-state index contributed by atoms with van der Waals surface area (Å²) in [6.07, 6.45) is 2.02. The maximum Gasteiger partial charge on any atom is 0.258 e. The molecule has 1 aliphatic heterocycles. The van der Waals surface area contributed by atoms with Crippen molar-refractivity contribution in [2.45, 2.75) is 22.9 Å². The largest absolute Gasteiger partial charge is 0.345 e. The van der Waals surface area contributed by atoms with Gasteiger partial charge in [-0.3, -0.25) is 4.79 Å². The number of hydrogen-bond donors (Lipinski definition) is 0. The Morgan fingerprint density at radius 2 is 1.39 bits per heavy atom. The molecule has 0 saturated carbocycles. The highest BCUT2D eigenvalue weighted by atomic mass is 32.2. The third kappa shape index (κ3) is 3.45. The van der Waals surface area contributed by atoms with Gasteiger partial charge in [-0.2, -0.15) is 0 Å². The van der Waals surface area contributed by atoms with Crippen molar-refractivity contribution in [2.24, 2.45) is 0 Å². The fraction of sp³-hybridized carbons (Fsp3) is 0.0800. The summed E-state index contributed by atoms with van der Waals surface area (Å²) in [5.74, 6) is -0.161. The summed E-state index contributed by atoms with van der Waals surface area (Å²) in [4.78, 5) is 15.6. The van der Waals surface area contributed by atoms with Crippen LogP contribution in [0.5, 0.6) is 0 Å². The van der Waals surface area contributed by atoms with Gasteiger partial charge in [-0.1, -0.05) is 36.4 Å². The Kier molecular flexibility index (Phi) is 4.71. The Morgan fingerprint density at radius 1 is 0.710 bits per heavy atom. The summed E-state index contributed by atoms with van der Waals surface area (Å²) in [6.45, 7) is 1.16. The molecule has 6 heteroatoms. The smallest absolute Gasteiger partial charge is 0.258 e. The quantitative estimate of drug-likeness (QED) is 0.482. The van der Waals surface area contributed by atoms with E-state index in [2.05, 4.69) is 4.57 Å². The molecule has 1 aliphatic rings. The second-order valence-electron chi connectivity index (χ2n) is 7.49. The first-order valence-electron chi connectivity index (χ1n) is 9.98. The van der Waals surface area contributed by atoms with E-state index in [1.807, 2.05) is 42.6 Å². The molecule has 5 rings (SSSR count). The highest BCUT2D eigenvalue weighted by Gasteiger charge is 2.25. The molecule has 3 aromatic carbocycles. The molecule has 31 heavy (non-hydrogen) atoms. The van der Waals surface area contributed by atoms with Crippen LogP contribution in [0, 0.1) is 0 Å². The topological polar surface area (TPSA) is 59.4 Å². The maximum atomic E-state index is 13.4. The van der Waals surface area contributed by atoms with Crippen molar-refractivity contribution in [3.05, 3.63) is 114 Å². The minimum absolute atomic E-state index is 0.161. The number of fused-ring (bicyclic) bond motifs is 2. The molecule has 0 saturated heterocycles. The summed E-state index contributed by atoms with van der Waals surface area (Å²) >= 11 is 0. The number of nitrogens with zero attached hydrogens (tertiary/aromatic N) is 2. The third-order valence-corrected chi connectivity index (χ3v) is 7.36.